The van der Waals surface area contributed by atoms with Crippen molar-refractivity contribution in [1.82, 2.24) is 5.32 Å². The quantitative estimate of drug-likeness (QED) is 0.365. The van der Waals surface area contributed by atoms with Gasteiger partial charge in [-0.2, -0.15) is 0 Å². The van der Waals surface area contributed by atoms with E-state index in [4.69, 9.17) is 10.5 Å². The van der Waals surface area contributed by atoms with Gasteiger partial charge >= 0.3 is 0 Å². The maximum absolute atomic E-state index is 9.20. The molecule has 1 aliphatic rings. The largest absolute Gasteiger partial charge is 0.497 e. The molecule has 0 radical (unpaired) electrons. The second kappa shape index (κ2) is 8.43. The van der Waals surface area contributed by atoms with Crippen LogP contribution in [0.4, 0.5) is 0 Å². The van der Waals surface area contributed by atoms with Gasteiger partial charge in [-0.3, -0.25) is 4.99 Å². The van der Waals surface area contributed by atoms with Crippen molar-refractivity contribution in [3.05, 3.63) is 29.8 Å². The molecule has 0 heterocycles. The number of ether oxygens (including phenoxy) is 1. The van der Waals surface area contributed by atoms with E-state index in [2.05, 4.69) is 10.3 Å². The number of aliphatic imine (C=N–C) groups is 1. The Hall–Kier alpha value is -1.02. The van der Waals surface area contributed by atoms with Gasteiger partial charge in [-0.05, 0) is 37.0 Å². The van der Waals surface area contributed by atoms with E-state index in [0.717, 1.165) is 31.6 Å². The van der Waals surface area contributed by atoms with Crippen molar-refractivity contribution in [2.24, 2.45) is 16.1 Å². The van der Waals surface area contributed by atoms with Crippen LogP contribution in [0.15, 0.2) is 29.3 Å². The zero-order valence-electron chi connectivity index (χ0n) is 12.3. The zero-order valence-corrected chi connectivity index (χ0v) is 14.7. The molecular formula is C15H24IN3O2. The van der Waals surface area contributed by atoms with Crippen LogP contribution in [-0.4, -0.2) is 37.9 Å². The molecule has 0 saturated heterocycles. The van der Waals surface area contributed by atoms with E-state index in [-0.39, 0.29) is 36.0 Å². The lowest BCUT2D eigenvalue weighted by Crippen LogP contribution is -2.34. The Morgan fingerprint density at radius 1 is 1.38 bits per heavy atom. The average molecular weight is 405 g/mol. The molecule has 0 spiro atoms. The summed E-state index contributed by atoms with van der Waals surface area (Å²) in [6.07, 6.45) is 2.98. The smallest absolute Gasteiger partial charge is 0.188 e. The number of guanidine groups is 1. The van der Waals surface area contributed by atoms with Crippen LogP contribution in [-0.2, 0) is 6.42 Å². The summed E-state index contributed by atoms with van der Waals surface area (Å²) >= 11 is 0. The highest BCUT2D eigenvalue weighted by Gasteiger charge is 2.41. The van der Waals surface area contributed by atoms with Crippen molar-refractivity contribution in [1.29, 1.82) is 0 Å². The summed E-state index contributed by atoms with van der Waals surface area (Å²) in [5.74, 6) is 1.32. The third kappa shape index (κ3) is 5.70. The summed E-state index contributed by atoms with van der Waals surface area (Å²) in [4.78, 5) is 4.29. The fourth-order valence-electron chi connectivity index (χ4n) is 1.98. The third-order valence-corrected chi connectivity index (χ3v) is 3.76. The predicted molar refractivity (Wildman–Crippen MR) is 95.4 cm³/mol. The highest BCUT2D eigenvalue weighted by molar-refractivity contribution is 14.0. The molecule has 0 aliphatic heterocycles. The number of halogens is 1. The van der Waals surface area contributed by atoms with E-state index >= 15 is 0 Å². The molecule has 1 aromatic carbocycles. The molecule has 2 rings (SSSR count). The maximum Gasteiger partial charge on any atom is 0.188 e. The summed E-state index contributed by atoms with van der Waals surface area (Å²) in [6.45, 7) is 1.56. The van der Waals surface area contributed by atoms with Crippen molar-refractivity contribution in [2.75, 3.05) is 26.8 Å². The van der Waals surface area contributed by atoms with Crippen LogP contribution in [0.25, 0.3) is 0 Å². The number of methoxy groups -OCH3 is 1. The van der Waals surface area contributed by atoms with Crippen LogP contribution in [0.1, 0.15) is 18.4 Å². The first kappa shape index (κ1) is 18.0. The molecule has 21 heavy (non-hydrogen) atoms. The first-order valence-corrected chi connectivity index (χ1v) is 6.95. The molecule has 0 bridgehead atoms. The molecule has 1 saturated carbocycles. The number of rotatable bonds is 7. The first-order valence-electron chi connectivity index (χ1n) is 6.95. The second-order valence-corrected chi connectivity index (χ2v) is 5.38. The van der Waals surface area contributed by atoms with Gasteiger partial charge < -0.3 is 20.9 Å². The Kier molecular flexibility index (Phi) is 7.24. The number of hydrogen-bond donors (Lipinski definition) is 3. The van der Waals surface area contributed by atoms with Crippen LogP contribution >= 0.6 is 24.0 Å². The SMILES string of the molecule is COc1ccc(CCNC(N)=NCC2(CO)CC2)cc1.I. The van der Waals surface area contributed by atoms with E-state index in [1.54, 1.807) is 7.11 Å². The van der Waals surface area contributed by atoms with E-state index in [0.29, 0.717) is 12.5 Å². The second-order valence-electron chi connectivity index (χ2n) is 5.38. The number of nitrogens with one attached hydrogen (secondary N) is 1. The first-order chi connectivity index (χ1) is 9.67. The van der Waals surface area contributed by atoms with Gasteiger partial charge in [-0.15, -0.1) is 24.0 Å². The van der Waals surface area contributed by atoms with Crippen molar-refractivity contribution < 1.29 is 9.84 Å². The van der Waals surface area contributed by atoms with Crippen LogP contribution in [0.5, 0.6) is 5.75 Å². The minimum atomic E-state index is 0. The van der Waals surface area contributed by atoms with Gasteiger partial charge in [-0.25, -0.2) is 0 Å². The molecule has 6 heteroatoms. The molecule has 5 nitrogen and oxygen atoms in total. The van der Waals surface area contributed by atoms with E-state index < -0.39 is 0 Å². The van der Waals surface area contributed by atoms with E-state index in [9.17, 15) is 5.11 Å². The van der Waals surface area contributed by atoms with Gasteiger partial charge in [0.05, 0.1) is 20.3 Å². The summed E-state index contributed by atoms with van der Waals surface area (Å²) in [5, 5.41) is 12.3. The van der Waals surface area contributed by atoms with Gasteiger partial charge in [0, 0.05) is 12.0 Å². The Balaban J connectivity index is 0.00000220. The topological polar surface area (TPSA) is 79.9 Å². The lowest BCUT2D eigenvalue weighted by atomic mass is 10.1. The minimum absolute atomic E-state index is 0. The molecule has 0 aromatic heterocycles. The monoisotopic (exact) mass is 405 g/mol. The zero-order chi connectivity index (χ0) is 14.4. The molecule has 1 aromatic rings. The van der Waals surface area contributed by atoms with Crippen molar-refractivity contribution in [3.63, 3.8) is 0 Å². The molecule has 0 amide bonds. The summed E-state index contributed by atoms with van der Waals surface area (Å²) in [5.41, 5.74) is 7.05. The molecule has 1 fully saturated rings. The van der Waals surface area contributed by atoms with Gasteiger partial charge in [0.1, 0.15) is 5.75 Å². The van der Waals surface area contributed by atoms with Crippen LogP contribution in [0, 0.1) is 5.41 Å². The number of aliphatic hydroxyl groups is 1. The van der Waals surface area contributed by atoms with Gasteiger partial charge in [0.25, 0.3) is 0 Å². The third-order valence-electron chi connectivity index (χ3n) is 3.76. The number of benzene rings is 1. The molecule has 118 valence electrons. The Morgan fingerprint density at radius 3 is 2.57 bits per heavy atom. The van der Waals surface area contributed by atoms with Gasteiger partial charge in [0.15, 0.2) is 5.96 Å². The van der Waals surface area contributed by atoms with Gasteiger partial charge in [0.2, 0.25) is 0 Å². The van der Waals surface area contributed by atoms with Crippen molar-refractivity contribution >= 4 is 29.9 Å². The number of nitrogens with zero attached hydrogens (tertiary/aromatic N) is 1. The van der Waals surface area contributed by atoms with Crippen LogP contribution < -0.4 is 15.8 Å². The Bertz CT molecular complexity index is 458. The van der Waals surface area contributed by atoms with Crippen LogP contribution in [0.2, 0.25) is 0 Å². The lowest BCUT2D eigenvalue weighted by molar-refractivity contribution is 0.217. The predicted octanol–water partition coefficient (Wildman–Crippen LogP) is 1.53. The Morgan fingerprint density at radius 2 is 2.05 bits per heavy atom. The molecule has 0 unspecified atom stereocenters. The fourth-order valence-corrected chi connectivity index (χ4v) is 1.98. The summed E-state index contributed by atoms with van der Waals surface area (Å²) in [7, 11) is 1.66. The average Bonchev–Trinajstić information content (AvgIpc) is 3.26. The van der Waals surface area contributed by atoms with Crippen molar-refractivity contribution in [2.45, 2.75) is 19.3 Å². The summed E-state index contributed by atoms with van der Waals surface area (Å²) < 4.78 is 5.12. The Labute approximate surface area is 143 Å². The molecule has 0 atom stereocenters. The lowest BCUT2D eigenvalue weighted by Gasteiger charge is -2.10. The summed E-state index contributed by atoms with van der Waals surface area (Å²) in [6, 6.07) is 7.98. The molecular weight excluding hydrogens is 381 g/mol. The van der Waals surface area contributed by atoms with Crippen molar-refractivity contribution in [3.8, 4) is 5.75 Å². The maximum atomic E-state index is 9.20. The number of aliphatic hydroxyl groups excluding tert-OH is 1. The van der Waals surface area contributed by atoms with E-state index in [1.165, 1.54) is 5.56 Å². The number of hydrogen-bond acceptors (Lipinski definition) is 3. The van der Waals surface area contributed by atoms with Gasteiger partial charge in [-0.1, -0.05) is 12.1 Å². The minimum Gasteiger partial charge on any atom is -0.497 e. The van der Waals surface area contributed by atoms with E-state index in [1.807, 2.05) is 24.3 Å². The van der Waals surface area contributed by atoms with Crippen LogP contribution in [0.3, 0.4) is 0 Å². The molecule has 4 N–H and O–H groups in total. The number of nitrogens with two attached hydrogens (primary N) is 1. The highest BCUT2D eigenvalue weighted by atomic mass is 127. The highest BCUT2D eigenvalue weighted by Crippen LogP contribution is 2.45. The fraction of sp³-hybridized carbons (Fsp3) is 0.533. The molecule has 1 aliphatic carbocycles. The normalized spacial score (nSPS) is 16.0. The standard InChI is InChI=1S/C15H23N3O2.HI/c1-20-13-4-2-12(3-5-13)6-9-17-14(16)18-10-15(11-19)7-8-15;/h2-5,19H,6-11H2,1H3,(H3,16,17,18);1H.